The maximum absolute atomic E-state index is 5.30. The van der Waals surface area contributed by atoms with Crippen LogP contribution in [0.1, 0.15) is 45.7 Å². The fourth-order valence-corrected chi connectivity index (χ4v) is 2.00. The highest BCUT2D eigenvalue weighted by atomic mass is 16.5. The maximum atomic E-state index is 5.30. The Bertz CT molecular complexity index is 329. The van der Waals surface area contributed by atoms with Crippen LogP contribution in [0.3, 0.4) is 0 Å². The van der Waals surface area contributed by atoms with Gasteiger partial charge in [-0.1, -0.05) is 51.1 Å². The Hall–Kier alpha value is -0.860. The van der Waals surface area contributed by atoms with Crippen LogP contribution >= 0.6 is 0 Å². The van der Waals surface area contributed by atoms with Gasteiger partial charge < -0.3 is 10.1 Å². The van der Waals surface area contributed by atoms with E-state index in [1.54, 1.807) is 7.11 Å². The molecule has 1 N–H and O–H groups in total. The second-order valence-corrected chi connectivity index (χ2v) is 6.18. The molecule has 0 aliphatic carbocycles. The second-order valence-electron chi connectivity index (χ2n) is 6.18. The molecule has 2 nitrogen and oxygen atoms in total. The van der Waals surface area contributed by atoms with E-state index >= 15 is 0 Å². The van der Waals surface area contributed by atoms with Crippen molar-refractivity contribution in [3.05, 3.63) is 35.9 Å². The summed E-state index contributed by atoms with van der Waals surface area (Å²) in [5, 5.41) is 3.62. The molecule has 102 valence electrons. The van der Waals surface area contributed by atoms with Crippen LogP contribution in [-0.4, -0.2) is 19.8 Å². The van der Waals surface area contributed by atoms with Crippen molar-refractivity contribution in [2.75, 3.05) is 13.7 Å². The van der Waals surface area contributed by atoms with Crippen LogP contribution in [0.5, 0.6) is 0 Å². The first-order valence-electron chi connectivity index (χ1n) is 6.73. The van der Waals surface area contributed by atoms with Crippen molar-refractivity contribution in [3.8, 4) is 0 Å². The highest BCUT2D eigenvalue weighted by Crippen LogP contribution is 2.29. The molecule has 0 bridgehead atoms. The lowest BCUT2D eigenvalue weighted by Gasteiger charge is -2.28. The van der Waals surface area contributed by atoms with E-state index in [4.69, 9.17) is 4.74 Å². The van der Waals surface area contributed by atoms with Gasteiger partial charge in [0.25, 0.3) is 0 Å². The van der Waals surface area contributed by atoms with Crippen LogP contribution in [0.2, 0.25) is 0 Å². The zero-order valence-electron chi connectivity index (χ0n) is 12.4. The molecule has 0 aliphatic rings. The lowest BCUT2D eigenvalue weighted by atomic mass is 9.85. The molecule has 0 spiro atoms. The van der Waals surface area contributed by atoms with E-state index in [1.165, 1.54) is 5.56 Å². The third kappa shape index (κ3) is 5.65. The van der Waals surface area contributed by atoms with Crippen molar-refractivity contribution >= 4 is 0 Å². The van der Waals surface area contributed by atoms with Crippen LogP contribution < -0.4 is 5.32 Å². The number of hydrogen-bond acceptors (Lipinski definition) is 2. The van der Waals surface area contributed by atoms with Gasteiger partial charge in [-0.15, -0.1) is 0 Å². The number of nitrogens with one attached hydrogen (secondary N) is 1. The summed E-state index contributed by atoms with van der Waals surface area (Å²) in [5.41, 5.74) is 1.67. The van der Waals surface area contributed by atoms with Crippen molar-refractivity contribution < 1.29 is 4.74 Å². The van der Waals surface area contributed by atoms with Crippen LogP contribution in [0.15, 0.2) is 30.3 Å². The molecule has 1 aromatic rings. The molecule has 0 heterocycles. The minimum atomic E-state index is 0.246. The fourth-order valence-electron chi connectivity index (χ4n) is 2.00. The quantitative estimate of drug-likeness (QED) is 0.828. The first-order chi connectivity index (χ1) is 8.42. The van der Waals surface area contributed by atoms with Gasteiger partial charge in [-0.05, 0) is 24.3 Å². The summed E-state index contributed by atoms with van der Waals surface area (Å²) in [4.78, 5) is 0. The van der Waals surface area contributed by atoms with Gasteiger partial charge in [-0.2, -0.15) is 0 Å². The number of methoxy groups -OCH3 is 1. The molecular formula is C16H27NO. The maximum Gasteiger partial charge on any atom is 0.0667 e. The van der Waals surface area contributed by atoms with Crippen molar-refractivity contribution in [1.82, 2.24) is 5.32 Å². The van der Waals surface area contributed by atoms with E-state index in [0.717, 1.165) is 13.0 Å². The van der Waals surface area contributed by atoms with Crippen LogP contribution in [0.25, 0.3) is 0 Å². The van der Waals surface area contributed by atoms with Crippen LogP contribution in [0.4, 0.5) is 0 Å². The molecule has 0 saturated heterocycles. The summed E-state index contributed by atoms with van der Waals surface area (Å²) in [7, 11) is 1.76. The number of benzene rings is 1. The topological polar surface area (TPSA) is 21.3 Å². The number of ether oxygens (including phenoxy) is 1. The standard InChI is InChI=1S/C16H27NO/c1-13(18-5)12-17-15(11-16(2,3)4)14-9-7-6-8-10-14/h6-10,13,15,17H,11-12H2,1-5H3. The Morgan fingerprint density at radius 3 is 2.28 bits per heavy atom. The monoisotopic (exact) mass is 249 g/mol. The number of hydrogen-bond donors (Lipinski definition) is 1. The summed E-state index contributed by atoms with van der Waals surface area (Å²) in [6.45, 7) is 9.82. The summed E-state index contributed by atoms with van der Waals surface area (Å²) in [6, 6.07) is 11.1. The normalized spacial score (nSPS) is 15.4. The molecule has 0 radical (unpaired) electrons. The Kier molecular flexibility index (Phi) is 5.83. The predicted octanol–water partition coefficient (Wildman–Crippen LogP) is 3.79. The smallest absolute Gasteiger partial charge is 0.0667 e. The van der Waals surface area contributed by atoms with E-state index in [2.05, 4.69) is 63.3 Å². The van der Waals surface area contributed by atoms with E-state index in [0.29, 0.717) is 11.5 Å². The van der Waals surface area contributed by atoms with Gasteiger partial charge >= 0.3 is 0 Å². The third-order valence-electron chi connectivity index (χ3n) is 3.07. The molecule has 1 rings (SSSR count). The molecule has 2 unspecified atom stereocenters. The van der Waals surface area contributed by atoms with Crippen LogP contribution in [0, 0.1) is 5.41 Å². The molecule has 2 heteroatoms. The van der Waals surface area contributed by atoms with Gasteiger partial charge in [0, 0.05) is 19.7 Å². The van der Waals surface area contributed by atoms with Gasteiger partial charge in [0.05, 0.1) is 6.10 Å². The summed E-state index contributed by atoms with van der Waals surface area (Å²) in [5.74, 6) is 0. The minimum Gasteiger partial charge on any atom is -0.380 e. The van der Waals surface area contributed by atoms with E-state index in [9.17, 15) is 0 Å². The van der Waals surface area contributed by atoms with Gasteiger partial charge in [0.2, 0.25) is 0 Å². The Morgan fingerprint density at radius 2 is 1.78 bits per heavy atom. The molecule has 18 heavy (non-hydrogen) atoms. The molecule has 0 saturated carbocycles. The van der Waals surface area contributed by atoms with Crippen molar-refractivity contribution in [2.45, 2.75) is 46.3 Å². The summed E-state index contributed by atoms with van der Waals surface area (Å²) < 4.78 is 5.30. The van der Waals surface area contributed by atoms with E-state index in [1.807, 2.05) is 0 Å². The van der Waals surface area contributed by atoms with Crippen molar-refractivity contribution in [2.24, 2.45) is 5.41 Å². The van der Waals surface area contributed by atoms with E-state index in [-0.39, 0.29) is 6.10 Å². The molecule has 0 amide bonds. The predicted molar refractivity (Wildman–Crippen MR) is 77.7 cm³/mol. The molecule has 1 aromatic carbocycles. The minimum absolute atomic E-state index is 0.246. The largest absolute Gasteiger partial charge is 0.380 e. The molecule has 0 aliphatic heterocycles. The first-order valence-corrected chi connectivity index (χ1v) is 6.73. The van der Waals surface area contributed by atoms with Crippen molar-refractivity contribution in [1.29, 1.82) is 0 Å². The zero-order valence-corrected chi connectivity index (χ0v) is 12.4. The van der Waals surface area contributed by atoms with Gasteiger partial charge in [0.15, 0.2) is 0 Å². The fraction of sp³-hybridized carbons (Fsp3) is 0.625. The molecule has 0 fully saturated rings. The van der Waals surface area contributed by atoms with Gasteiger partial charge in [-0.3, -0.25) is 0 Å². The average molecular weight is 249 g/mol. The Balaban J connectivity index is 2.70. The third-order valence-corrected chi connectivity index (χ3v) is 3.07. The van der Waals surface area contributed by atoms with E-state index < -0.39 is 0 Å². The highest BCUT2D eigenvalue weighted by molar-refractivity contribution is 5.19. The molecule has 0 aromatic heterocycles. The molecular weight excluding hydrogens is 222 g/mol. The van der Waals surface area contributed by atoms with Gasteiger partial charge in [0.1, 0.15) is 0 Å². The Labute approximate surface area is 112 Å². The van der Waals surface area contributed by atoms with Crippen LogP contribution in [-0.2, 0) is 4.74 Å². The Morgan fingerprint density at radius 1 is 1.17 bits per heavy atom. The second kappa shape index (κ2) is 6.91. The molecule has 2 atom stereocenters. The SMILES string of the molecule is COC(C)CNC(CC(C)(C)C)c1ccccc1. The lowest BCUT2D eigenvalue weighted by Crippen LogP contribution is -2.32. The summed E-state index contributed by atoms with van der Waals surface area (Å²) >= 11 is 0. The van der Waals surface area contributed by atoms with Gasteiger partial charge in [-0.25, -0.2) is 0 Å². The average Bonchev–Trinajstić information content (AvgIpc) is 2.33. The summed E-state index contributed by atoms with van der Waals surface area (Å²) in [6.07, 6.45) is 1.36. The lowest BCUT2D eigenvalue weighted by molar-refractivity contribution is 0.112. The van der Waals surface area contributed by atoms with Crippen molar-refractivity contribution in [3.63, 3.8) is 0 Å². The number of rotatable bonds is 6. The zero-order chi connectivity index (χ0) is 13.6. The first kappa shape index (κ1) is 15.2. The highest BCUT2D eigenvalue weighted by Gasteiger charge is 2.20.